The summed E-state index contributed by atoms with van der Waals surface area (Å²) in [6, 6.07) is 4.41. The van der Waals surface area contributed by atoms with Crippen LogP contribution >= 0.6 is 11.8 Å². The number of nitrogens with one attached hydrogen (secondary N) is 1. The summed E-state index contributed by atoms with van der Waals surface area (Å²) in [6.07, 6.45) is 0. The maximum atomic E-state index is 5.73. The zero-order valence-corrected chi connectivity index (χ0v) is 13.6. The summed E-state index contributed by atoms with van der Waals surface area (Å²) in [7, 11) is 1.70. The smallest absolute Gasteiger partial charge is 0.122 e. The van der Waals surface area contributed by atoms with Crippen molar-refractivity contribution in [1.82, 2.24) is 5.43 Å². The Bertz CT molecular complexity index is 427. The highest BCUT2D eigenvalue weighted by atomic mass is 32.2. The van der Waals surface area contributed by atoms with E-state index in [4.69, 9.17) is 10.6 Å². The first-order chi connectivity index (χ1) is 8.78. The fourth-order valence-electron chi connectivity index (χ4n) is 1.97. The summed E-state index contributed by atoms with van der Waals surface area (Å²) in [4.78, 5) is 0. The molecule has 3 N–H and O–H groups in total. The van der Waals surface area contributed by atoms with E-state index in [0.29, 0.717) is 0 Å². The van der Waals surface area contributed by atoms with Crippen molar-refractivity contribution < 1.29 is 4.74 Å². The molecule has 0 aliphatic rings. The molecular weight excluding hydrogens is 256 g/mol. The first kappa shape index (κ1) is 16.3. The molecule has 0 radical (unpaired) electrons. The lowest BCUT2D eigenvalue weighted by molar-refractivity contribution is 0.411. The van der Waals surface area contributed by atoms with Crippen LogP contribution in [0.25, 0.3) is 0 Å². The predicted octanol–water partition coefficient (Wildman–Crippen LogP) is 3.35. The van der Waals surface area contributed by atoms with E-state index in [9.17, 15) is 0 Å². The van der Waals surface area contributed by atoms with E-state index in [0.717, 1.165) is 17.1 Å². The van der Waals surface area contributed by atoms with Gasteiger partial charge in [0.15, 0.2) is 0 Å². The van der Waals surface area contributed by atoms with Gasteiger partial charge >= 0.3 is 0 Å². The van der Waals surface area contributed by atoms with Crippen LogP contribution in [0.15, 0.2) is 12.1 Å². The molecular formula is C15H26N2OS. The van der Waals surface area contributed by atoms with E-state index in [1.807, 2.05) is 11.8 Å². The maximum absolute atomic E-state index is 5.73. The van der Waals surface area contributed by atoms with Crippen LogP contribution < -0.4 is 16.0 Å². The third-order valence-electron chi connectivity index (χ3n) is 3.04. The average molecular weight is 282 g/mol. The molecule has 0 saturated carbocycles. The van der Waals surface area contributed by atoms with Crippen molar-refractivity contribution >= 4 is 11.8 Å². The van der Waals surface area contributed by atoms with Crippen LogP contribution in [0.2, 0.25) is 0 Å². The van der Waals surface area contributed by atoms with Gasteiger partial charge in [-0.15, -0.1) is 0 Å². The van der Waals surface area contributed by atoms with Crippen LogP contribution in [0.3, 0.4) is 0 Å². The van der Waals surface area contributed by atoms with Crippen molar-refractivity contribution in [3.63, 3.8) is 0 Å². The molecule has 0 bridgehead atoms. The molecule has 0 aromatic heterocycles. The van der Waals surface area contributed by atoms with Gasteiger partial charge in [-0.3, -0.25) is 11.3 Å². The Kier molecular flexibility index (Phi) is 5.71. The second kappa shape index (κ2) is 6.64. The molecule has 0 aliphatic carbocycles. The van der Waals surface area contributed by atoms with Gasteiger partial charge in [0.2, 0.25) is 0 Å². The van der Waals surface area contributed by atoms with Crippen molar-refractivity contribution in [2.45, 2.75) is 45.4 Å². The Morgan fingerprint density at radius 1 is 1.26 bits per heavy atom. The number of aryl methyl sites for hydroxylation is 2. The second-order valence-electron chi connectivity index (χ2n) is 5.82. The SMILES string of the molecule is COc1cc(C)c(C(CSC(C)(C)C)NN)cc1C. The van der Waals surface area contributed by atoms with Crippen molar-refractivity contribution in [1.29, 1.82) is 0 Å². The fourth-order valence-corrected chi connectivity index (χ4v) is 2.91. The van der Waals surface area contributed by atoms with Gasteiger partial charge < -0.3 is 4.74 Å². The lowest BCUT2D eigenvalue weighted by Crippen LogP contribution is -2.31. The second-order valence-corrected chi connectivity index (χ2v) is 7.67. The maximum Gasteiger partial charge on any atom is 0.122 e. The van der Waals surface area contributed by atoms with Gasteiger partial charge in [-0.2, -0.15) is 11.8 Å². The summed E-state index contributed by atoms with van der Waals surface area (Å²) in [6.45, 7) is 10.8. The highest BCUT2D eigenvalue weighted by Crippen LogP contribution is 2.31. The highest BCUT2D eigenvalue weighted by molar-refractivity contribution is 8.00. The molecule has 0 amide bonds. The molecule has 1 unspecified atom stereocenters. The molecule has 1 rings (SSSR count). The molecule has 0 saturated heterocycles. The number of hydrogen-bond acceptors (Lipinski definition) is 4. The monoisotopic (exact) mass is 282 g/mol. The number of methoxy groups -OCH3 is 1. The predicted molar refractivity (Wildman–Crippen MR) is 84.7 cm³/mol. The number of nitrogens with two attached hydrogens (primary N) is 1. The van der Waals surface area contributed by atoms with Crippen molar-refractivity contribution in [2.75, 3.05) is 12.9 Å². The summed E-state index contributed by atoms with van der Waals surface area (Å²) in [5, 5.41) is 0. The van der Waals surface area contributed by atoms with E-state index < -0.39 is 0 Å². The third-order valence-corrected chi connectivity index (χ3v) is 4.41. The molecule has 1 aromatic rings. The van der Waals surface area contributed by atoms with Crippen LogP contribution in [-0.4, -0.2) is 17.6 Å². The summed E-state index contributed by atoms with van der Waals surface area (Å²) in [5.41, 5.74) is 6.53. The molecule has 0 aliphatic heterocycles. The number of thioether (sulfide) groups is 1. The lowest BCUT2D eigenvalue weighted by Gasteiger charge is -2.24. The number of hydrazine groups is 1. The largest absolute Gasteiger partial charge is 0.496 e. The summed E-state index contributed by atoms with van der Waals surface area (Å²) < 4.78 is 5.59. The van der Waals surface area contributed by atoms with Crippen molar-refractivity contribution in [3.8, 4) is 5.75 Å². The van der Waals surface area contributed by atoms with Crippen LogP contribution in [0, 0.1) is 13.8 Å². The Balaban J connectivity index is 2.95. The van der Waals surface area contributed by atoms with E-state index >= 15 is 0 Å². The van der Waals surface area contributed by atoms with Gasteiger partial charge in [0.25, 0.3) is 0 Å². The standard InChI is InChI=1S/C15H26N2OS/c1-10-8-14(18-6)11(2)7-12(10)13(17-16)9-19-15(3,4)5/h7-8,13,17H,9,16H2,1-6H3. The number of benzene rings is 1. The number of hydrogen-bond donors (Lipinski definition) is 2. The number of rotatable bonds is 5. The Labute approximate surface area is 121 Å². The van der Waals surface area contributed by atoms with Crippen LogP contribution in [-0.2, 0) is 0 Å². The quantitative estimate of drug-likeness (QED) is 0.642. The minimum atomic E-state index is 0.161. The van der Waals surface area contributed by atoms with Crippen LogP contribution in [0.1, 0.15) is 43.5 Å². The molecule has 0 spiro atoms. The topological polar surface area (TPSA) is 47.3 Å². The van der Waals surface area contributed by atoms with Gasteiger partial charge in [0.05, 0.1) is 13.2 Å². The van der Waals surface area contributed by atoms with E-state index in [1.54, 1.807) is 7.11 Å². The first-order valence-electron chi connectivity index (χ1n) is 6.53. The normalized spacial score (nSPS) is 13.4. The Morgan fingerprint density at radius 2 is 1.89 bits per heavy atom. The van der Waals surface area contributed by atoms with Crippen molar-refractivity contribution in [2.24, 2.45) is 5.84 Å². The van der Waals surface area contributed by atoms with Crippen LogP contribution in [0.5, 0.6) is 5.75 Å². The van der Waals surface area contributed by atoms with Gasteiger partial charge in [0.1, 0.15) is 5.75 Å². The zero-order chi connectivity index (χ0) is 14.6. The zero-order valence-electron chi connectivity index (χ0n) is 12.8. The number of ether oxygens (including phenoxy) is 1. The molecule has 0 fully saturated rings. The van der Waals surface area contributed by atoms with Gasteiger partial charge in [-0.25, -0.2) is 0 Å². The van der Waals surface area contributed by atoms with Gasteiger partial charge in [0, 0.05) is 10.5 Å². The fraction of sp³-hybridized carbons (Fsp3) is 0.600. The molecule has 0 heterocycles. The minimum Gasteiger partial charge on any atom is -0.496 e. The molecule has 4 heteroatoms. The molecule has 108 valence electrons. The van der Waals surface area contributed by atoms with Gasteiger partial charge in [-0.05, 0) is 36.6 Å². The Morgan fingerprint density at radius 3 is 2.37 bits per heavy atom. The molecule has 1 atom stereocenters. The van der Waals surface area contributed by atoms with Gasteiger partial charge in [-0.1, -0.05) is 26.8 Å². The molecule has 1 aromatic carbocycles. The van der Waals surface area contributed by atoms with Crippen molar-refractivity contribution in [3.05, 3.63) is 28.8 Å². The van der Waals surface area contributed by atoms with E-state index in [1.165, 1.54) is 11.1 Å². The van der Waals surface area contributed by atoms with E-state index in [-0.39, 0.29) is 10.8 Å². The first-order valence-corrected chi connectivity index (χ1v) is 7.52. The van der Waals surface area contributed by atoms with Crippen LogP contribution in [0.4, 0.5) is 0 Å². The Hall–Kier alpha value is -0.710. The van der Waals surface area contributed by atoms with E-state index in [2.05, 4.69) is 52.2 Å². The summed E-state index contributed by atoms with van der Waals surface area (Å²) >= 11 is 1.91. The lowest BCUT2D eigenvalue weighted by atomic mass is 9.99. The third kappa shape index (κ3) is 4.71. The molecule has 19 heavy (non-hydrogen) atoms. The minimum absolute atomic E-state index is 0.161. The molecule has 3 nitrogen and oxygen atoms in total. The highest BCUT2D eigenvalue weighted by Gasteiger charge is 2.18. The average Bonchev–Trinajstić information content (AvgIpc) is 2.32. The summed E-state index contributed by atoms with van der Waals surface area (Å²) in [5.74, 6) is 7.61.